The predicted molar refractivity (Wildman–Crippen MR) is 141 cm³/mol. The van der Waals surface area contributed by atoms with E-state index in [4.69, 9.17) is 9.72 Å². The van der Waals surface area contributed by atoms with E-state index in [0.717, 1.165) is 43.5 Å². The molecule has 2 unspecified atom stereocenters. The summed E-state index contributed by atoms with van der Waals surface area (Å²) in [6, 6.07) is 3.99. The van der Waals surface area contributed by atoms with Gasteiger partial charge in [-0.1, -0.05) is 33.6 Å². The van der Waals surface area contributed by atoms with Crippen molar-refractivity contribution in [1.82, 2.24) is 20.2 Å². The number of nitrogens with zero attached hydrogens (tertiary/aromatic N) is 4. The van der Waals surface area contributed by atoms with Gasteiger partial charge in [-0.25, -0.2) is 4.98 Å². The molecule has 0 aromatic carbocycles. The van der Waals surface area contributed by atoms with Crippen LogP contribution >= 0.6 is 0 Å². The molecule has 8 nitrogen and oxygen atoms in total. The summed E-state index contributed by atoms with van der Waals surface area (Å²) in [6.45, 7) is 13.7. The fraction of sp³-hybridized carbons (Fsp3) is 0.704. The lowest BCUT2D eigenvalue weighted by atomic mass is 9.93. The number of esters is 1. The molecule has 1 saturated heterocycles. The van der Waals surface area contributed by atoms with Crippen LogP contribution in [0.15, 0.2) is 18.3 Å². The Kier molecular flexibility index (Phi) is 9.52. The molecule has 2 fully saturated rings. The minimum Gasteiger partial charge on any atom is -0.460 e. The maximum Gasteiger partial charge on any atom is 0.306 e. The zero-order valence-electron chi connectivity index (χ0n) is 22.4. The molecule has 0 bridgehead atoms. The minimum absolute atomic E-state index is 0.110. The Balaban J connectivity index is 0.00000167. The van der Waals surface area contributed by atoms with Crippen molar-refractivity contribution in [2.75, 3.05) is 23.3 Å². The number of aromatic amines is 1. The van der Waals surface area contributed by atoms with Crippen molar-refractivity contribution in [3.63, 3.8) is 0 Å². The predicted octanol–water partition coefficient (Wildman–Crippen LogP) is 6.21. The molecular weight excluding hydrogens is 440 g/mol. The maximum atomic E-state index is 12.1. The van der Waals surface area contributed by atoms with Gasteiger partial charge in [-0.15, -0.1) is 0 Å². The quantitative estimate of drug-likeness (QED) is 0.430. The monoisotopic (exact) mass is 484 g/mol. The normalized spacial score (nSPS) is 19.3. The van der Waals surface area contributed by atoms with E-state index < -0.39 is 5.60 Å². The third kappa shape index (κ3) is 8.22. The summed E-state index contributed by atoms with van der Waals surface area (Å²) in [4.78, 5) is 23.6. The first-order valence-corrected chi connectivity index (χ1v) is 13.4. The summed E-state index contributed by atoms with van der Waals surface area (Å²) in [5.41, 5.74) is 0.790. The number of H-pyrrole nitrogens is 1. The second-order valence-electron chi connectivity index (χ2n) is 10.8. The first-order valence-electron chi connectivity index (χ1n) is 13.4. The molecule has 4 rings (SSSR count). The Hall–Kier alpha value is -2.64. The molecule has 1 saturated carbocycles. The zero-order chi connectivity index (χ0) is 25.4. The minimum atomic E-state index is -0.425. The van der Waals surface area contributed by atoms with E-state index in [9.17, 15) is 4.79 Å². The Morgan fingerprint density at radius 2 is 1.97 bits per heavy atom. The van der Waals surface area contributed by atoms with Crippen LogP contribution in [0.5, 0.6) is 0 Å². The first kappa shape index (κ1) is 27.0. The van der Waals surface area contributed by atoms with Crippen molar-refractivity contribution in [3.05, 3.63) is 24.0 Å². The van der Waals surface area contributed by atoms with Crippen molar-refractivity contribution in [2.24, 2.45) is 11.8 Å². The molecule has 2 atom stereocenters. The molecule has 0 spiro atoms. The molecule has 2 aromatic rings. The van der Waals surface area contributed by atoms with Crippen LogP contribution in [-0.2, 0) is 9.53 Å². The van der Waals surface area contributed by atoms with Crippen molar-refractivity contribution in [3.8, 4) is 0 Å². The van der Waals surface area contributed by atoms with Gasteiger partial charge >= 0.3 is 5.97 Å². The van der Waals surface area contributed by atoms with Gasteiger partial charge in [-0.2, -0.15) is 10.1 Å². The number of aromatic nitrogens is 4. The molecular formula is C27H44N6O2. The zero-order valence-corrected chi connectivity index (χ0v) is 22.4. The second kappa shape index (κ2) is 12.4. The Morgan fingerprint density at radius 3 is 2.69 bits per heavy atom. The van der Waals surface area contributed by atoms with Gasteiger partial charge in [-0.3, -0.25) is 9.89 Å². The van der Waals surface area contributed by atoms with E-state index in [1.165, 1.54) is 31.4 Å². The summed E-state index contributed by atoms with van der Waals surface area (Å²) in [6.07, 6.45) is 9.45. The lowest BCUT2D eigenvalue weighted by Crippen LogP contribution is -2.26. The van der Waals surface area contributed by atoms with Gasteiger partial charge in [-0.05, 0) is 64.4 Å². The van der Waals surface area contributed by atoms with E-state index >= 15 is 0 Å². The number of rotatable bonds is 8. The molecule has 194 valence electrons. The number of hydrogen-bond donors (Lipinski definition) is 2. The molecule has 35 heavy (non-hydrogen) atoms. The fourth-order valence-corrected chi connectivity index (χ4v) is 5.07. The molecule has 1 aliphatic heterocycles. The van der Waals surface area contributed by atoms with E-state index in [0.29, 0.717) is 24.2 Å². The SMILES string of the molecule is CC.CC(CC(=O)OC(C)(C)C)CC1CCN(c2nccc(Nc3cc(C4CCCC4)[nH]n3)n2)C1. The van der Waals surface area contributed by atoms with Gasteiger partial charge in [0.2, 0.25) is 5.95 Å². The third-order valence-corrected chi connectivity index (χ3v) is 6.53. The molecule has 2 aromatic heterocycles. The van der Waals surface area contributed by atoms with Crippen LogP contribution in [0, 0.1) is 11.8 Å². The van der Waals surface area contributed by atoms with Crippen LogP contribution in [0.1, 0.15) is 98.1 Å². The van der Waals surface area contributed by atoms with E-state index in [1.54, 1.807) is 6.20 Å². The summed E-state index contributed by atoms with van der Waals surface area (Å²) in [5.74, 6) is 3.63. The van der Waals surface area contributed by atoms with Crippen LogP contribution in [0.3, 0.4) is 0 Å². The van der Waals surface area contributed by atoms with Gasteiger partial charge < -0.3 is 15.0 Å². The molecule has 2 N–H and O–H groups in total. The van der Waals surface area contributed by atoms with E-state index in [2.05, 4.69) is 38.4 Å². The average molecular weight is 485 g/mol. The summed E-state index contributed by atoms with van der Waals surface area (Å²) in [7, 11) is 0. The number of nitrogens with one attached hydrogen (secondary N) is 2. The van der Waals surface area contributed by atoms with Crippen LogP contribution in [0.4, 0.5) is 17.6 Å². The largest absolute Gasteiger partial charge is 0.460 e. The molecule has 1 aliphatic carbocycles. The highest BCUT2D eigenvalue weighted by atomic mass is 16.6. The van der Waals surface area contributed by atoms with Crippen LogP contribution in [0.2, 0.25) is 0 Å². The standard InChI is InChI=1S/C25H38N6O2.C2H6/c1-17(14-23(32)33-25(2,3)4)13-18-10-12-31(16-18)24-26-11-9-21(28-24)27-22-15-20(29-30-22)19-7-5-6-8-19;1-2/h9,11,15,17-19H,5-8,10,12-14,16H2,1-4H3,(H2,26,27,28,29,30);1-2H3. The lowest BCUT2D eigenvalue weighted by Gasteiger charge is -2.22. The first-order chi connectivity index (χ1) is 16.7. The third-order valence-electron chi connectivity index (χ3n) is 6.53. The number of carbonyl (C=O) groups is 1. The maximum absolute atomic E-state index is 12.1. The van der Waals surface area contributed by atoms with Gasteiger partial charge in [0.1, 0.15) is 11.4 Å². The van der Waals surface area contributed by atoms with Crippen LogP contribution in [0.25, 0.3) is 0 Å². The van der Waals surface area contributed by atoms with Crippen molar-refractivity contribution in [1.29, 1.82) is 0 Å². The van der Waals surface area contributed by atoms with Crippen LogP contribution < -0.4 is 10.2 Å². The van der Waals surface area contributed by atoms with Crippen molar-refractivity contribution < 1.29 is 9.53 Å². The number of anilines is 3. The Bertz CT molecular complexity index is 932. The van der Waals surface area contributed by atoms with Gasteiger partial charge in [0.25, 0.3) is 0 Å². The Labute approximate surface area is 210 Å². The molecule has 8 heteroatoms. The van der Waals surface area contributed by atoms with Gasteiger partial charge in [0, 0.05) is 43.4 Å². The summed E-state index contributed by atoms with van der Waals surface area (Å²) >= 11 is 0. The van der Waals surface area contributed by atoms with E-state index in [-0.39, 0.29) is 5.97 Å². The van der Waals surface area contributed by atoms with Crippen molar-refractivity contribution >= 4 is 23.6 Å². The summed E-state index contributed by atoms with van der Waals surface area (Å²) < 4.78 is 5.47. The second-order valence-corrected chi connectivity index (χ2v) is 10.8. The number of carbonyl (C=O) groups excluding carboxylic acids is 1. The molecule has 0 radical (unpaired) electrons. The highest BCUT2D eigenvalue weighted by molar-refractivity contribution is 5.70. The smallest absolute Gasteiger partial charge is 0.306 e. The summed E-state index contributed by atoms with van der Waals surface area (Å²) in [5, 5.41) is 10.9. The lowest BCUT2D eigenvalue weighted by molar-refractivity contribution is -0.155. The van der Waals surface area contributed by atoms with Crippen LogP contribution in [-0.4, -0.2) is 44.8 Å². The average Bonchev–Trinajstić information content (AvgIpc) is 3.56. The highest BCUT2D eigenvalue weighted by Gasteiger charge is 2.27. The Morgan fingerprint density at radius 1 is 1.23 bits per heavy atom. The number of hydrogen-bond acceptors (Lipinski definition) is 7. The number of ether oxygens (including phenoxy) is 1. The van der Waals surface area contributed by atoms with Crippen molar-refractivity contribution in [2.45, 2.75) is 98.0 Å². The highest BCUT2D eigenvalue weighted by Crippen LogP contribution is 2.34. The van der Waals surface area contributed by atoms with Gasteiger partial charge in [0.15, 0.2) is 5.82 Å². The van der Waals surface area contributed by atoms with Gasteiger partial charge in [0.05, 0.1) is 0 Å². The topological polar surface area (TPSA) is 96.0 Å². The fourth-order valence-electron chi connectivity index (χ4n) is 5.07. The molecule has 2 aliphatic rings. The molecule has 3 heterocycles. The molecule has 0 amide bonds. The van der Waals surface area contributed by atoms with E-state index in [1.807, 2.05) is 40.7 Å².